The number of fused-ring (bicyclic) bond motifs is 2. The molecule has 122 valence electrons. The molecular formula is C18H19N5O. The number of amides is 1. The summed E-state index contributed by atoms with van der Waals surface area (Å²) in [4.78, 5) is 17.0. The third-order valence-corrected chi connectivity index (χ3v) is 4.69. The Kier molecular flexibility index (Phi) is 3.54. The molecule has 24 heavy (non-hydrogen) atoms. The number of aromatic nitrogens is 3. The number of hydrogen-bond acceptors (Lipinski definition) is 4. The van der Waals surface area contributed by atoms with Crippen molar-refractivity contribution in [3.63, 3.8) is 0 Å². The lowest BCUT2D eigenvalue weighted by molar-refractivity contribution is 0.102. The van der Waals surface area contributed by atoms with Crippen LogP contribution in [0.4, 0.5) is 5.69 Å². The number of nitrogens with one attached hydrogen (secondary N) is 2. The highest BCUT2D eigenvalue weighted by atomic mass is 16.1. The number of anilines is 1. The van der Waals surface area contributed by atoms with Crippen molar-refractivity contribution in [3.8, 4) is 0 Å². The second-order valence-electron chi connectivity index (χ2n) is 6.31. The molecule has 1 aliphatic rings. The topological polar surface area (TPSA) is 96.7 Å². The van der Waals surface area contributed by atoms with Crippen LogP contribution in [0.3, 0.4) is 0 Å². The van der Waals surface area contributed by atoms with Gasteiger partial charge in [0.2, 0.25) is 0 Å². The fraction of sp³-hybridized carbons (Fsp3) is 0.278. The molecule has 2 heterocycles. The molecule has 1 unspecified atom stereocenters. The van der Waals surface area contributed by atoms with Crippen LogP contribution in [-0.2, 0) is 6.42 Å². The zero-order valence-electron chi connectivity index (χ0n) is 13.5. The van der Waals surface area contributed by atoms with Gasteiger partial charge in [-0.05, 0) is 55.0 Å². The van der Waals surface area contributed by atoms with Crippen LogP contribution in [-0.4, -0.2) is 21.1 Å². The summed E-state index contributed by atoms with van der Waals surface area (Å²) in [7, 11) is 0. The van der Waals surface area contributed by atoms with Crippen LogP contribution < -0.4 is 11.1 Å². The van der Waals surface area contributed by atoms with E-state index in [1.54, 1.807) is 18.5 Å². The van der Waals surface area contributed by atoms with E-state index < -0.39 is 0 Å². The molecule has 0 radical (unpaired) electrons. The van der Waals surface area contributed by atoms with Gasteiger partial charge >= 0.3 is 0 Å². The molecule has 2 aromatic heterocycles. The first-order chi connectivity index (χ1) is 11.6. The number of aromatic amines is 1. The van der Waals surface area contributed by atoms with Crippen LogP contribution in [0.1, 0.15) is 45.9 Å². The molecule has 1 aliphatic carbocycles. The molecule has 0 bridgehead atoms. The number of nitrogens with two attached hydrogens (primary N) is 1. The first-order valence-electron chi connectivity index (χ1n) is 8.12. The molecule has 1 atom stereocenters. The summed E-state index contributed by atoms with van der Waals surface area (Å²) in [6.45, 7) is 1.95. The van der Waals surface area contributed by atoms with E-state index in [1.807, 2.05) is 13.0 Å². The van der Waals surface area contributed by atoms with E-state index >= 15 is 0 Å². The van der Waals surface area contributed by atoms with Crippen molar-refractivity contribution >= 4 is 22.6 Å². The number of aryl methyl sites for hydroxylation is 2. The summed E-state index contributed by atoms with van der Waals surface area (Å²) >= 11 is 0. The first-order valence-corrected chi connectivity index (χ1v) is 8.12. The predicted molar refractivity (Wildman–Crippen MR) is 92.9 cm³/mol. The standard InChI is InChI=1S/C18H19N5O/c1-10-7-13-11(3-2-4-15(13)19)8-12(10)18(24)22-16-5-6-20-17-14(16)9-21-23-17/h5-9,15H,2-4,19H2,1H3,(H2,20,21,22,23,24). The van der Waals surface area contributed by atoms with Gasteiger partial charge < -0.3 is 11.1 Å². The van der Waals surface area contributed by atoms with E-state index in [4.69, 9.17) is 5.73 Å². The minimum atomic E-state index is -0.122. The van der Waals surface area contributed by atoms with Crippen molar-refractivity contribution in [3.05, 3.63) is 52.8 Å². The quantitative estimate of drug-likeness (QED) is 0.676. The van der Waals surface area contributed by atoms with Crippen LogP contribution in [0.15, 0.2) is 30.6 Å². The largest absolute Gasteiger partial charge is 0.324 e. The normalized spacial score (nSPS) is 16.8. The van der Waals surface area contributed by atoms with E-state index in [0.717, 1.165) is 30.2 Å². The van der Waals surface area contributed by atoms with Crippen molar-refractivity contribution in [2.45, 2.75) is 32.2 Å². The molecule has 0 saturated carbocycles. The van der Waals surface area contributed by atoms with Gasteiger partial charge in [0.15, 0.2) is 5.65 Å². The molecule has 6 heteroatoms. The zero-order chi connectivity index (χ0) is 16.7. The molecule has 3 aromatic rings. The lowest BCUT2D eigenvalue weighted by Gasteiger charge is -2.24. The zero-order valence-corrected chi connectivity index (χ0v) is 13.5. The van der Waals surface area contributed by atoms with Gasteiger partial charge in [0, 0.05) is 17.8 Å². The SMILES string of the molecule is Cc1cc2c(cc1C(=O)Nc1ccnc3[nH]ncc13)CCCC2N. The number of carbonyl (C=O) groups excluding carboxylic acids is 1. The molecule has 1 aromatic carbocycles. The Balaban J connectivity index is 1.69. The molecule has 4 rings (SSSR count). The average Bonchev–Trinajstić information content (AvgIpc) is 3.05. The number of carbonyl (C=O) groups is 1. The number of H-pyrrole nitrogens is 1. The Morgan fingerprint density at radius 1 is 1.42 bits per heavy atom. The number of nitrogens with zero attached hydrogens (tertiary/aromatic N) is 2. The van der Waals surface area contributed by atoms with Crippen LogP contribution in [0.25, 0.3) is 11.0 Å². The van der Waals surface area contributed by atoms with Gasteiger partial charge in [-0.25, -0.2) is 4.98 Å². The Hall–Kier alpha value is -2.73. The van der Waals surface area contributed by atoms with Gasteiger partial charge in [0.05, 0.1) is 17.3 Å². The molecular weight excluding hydrogens is 302 g/mol. The smallest absolute Gasteiger partial charge is 0.255 e. The van der Waals surface area contributed by atoms with Crippen molar-refractivity contribution < 1.29 is 4.79 Å². The lowest BCUT2D eigenvalue weighted by Crippen LogP contribution is -2.20. The average molecular weight is 321 g/mol. The van der Waals surface area contributed by atoms with Crippen molar-refractivity contribution in [1.82, 2.24) is 15.2 Å². The summed E-state index contributed by atoms with van der Waals surface area (Å²) in [6, 6.07) is 5.91. The summed E-state index contributed by atoms with van der Waals surface area (Å²) in [5.41, 5.74) is 11.6. The van der Waals surface area contributed by atoms with Crippen molar-refractivity contribution in [2.75, 3.05) is 5.32 Å². The van der Waals surface area contributed by atoms with Gasteiger partial charge in [-0.1, -0.05) is 6.07 Å². The highest BCUT2D eigenvalue weighted by Gasteiger charge is 2.20. The van der Waals surface area contributed by atoms with Crippen LogP contribution in [0, 0.1) is 6.92 Å². The number of hydrogen-bond donors (Lipinski definition) is 3. The molecule has 6 nitrogen and oxygen atoms in total. The Morgan fingerprint density at radius 3 is 3.17 bits per heavy atom. The van der Waals surface area contributed by atoms with Gasteiger partial charge in [-0.15, -0.1) is 0 Å². The Labute approximate surface area is 139 Å². The second kappa shape index (κ2) is 5.72. The van der Waals surface area contributed by atoms with Crippen LogP contribution in [0.2, 0.25) is 0 Å². The van der Waals surface area contributed by atoms with Crippen LogP contribution >= 0.6 is 0 Å². The maximum absolute atomic E-state index is 12.8. The van der Waals surface area contributed by atoms with Gasteiger partial charge in [-0.2, -0.15) is 5.10 Å². The monoisotopic (exact) mass is 321 g/mol. The van der Waals surface area contributed by atoms with Crippen LogP contribution in [0.5, 0.6) is 0 Å². The van der Waals surface area contributed by atoms with E-state index in [-0.39, 0.29) is 11.9 Å². The summed E-state index contributed by atoms with van der Waals surface area (Å²) in [5.74, 6) is -0.122. The Morgan fingerprint density at radius 2 is 2.29 bits per heavy atom. The Bertz CT molecular complexity index is 930. The maximum atomic E-state index is 12.8. The van der Waals surface area contributed by atoms with E-state index in [9.17, 15) is 4.79 Å². The molecule has 0 fully saturated rings. The summed E-state index contributed by atoms with van der Waals surface area (Å²) in [6.07, 6.45) is 6.36. The third kappa shape index (κ3) is 2.45. The fourth-order valence-corrected chi connectivity index (χ4v) is 3.40. The highest BCUT2D eigenvalue weighted by molar-refractivity contribution is 6.09. The number of rotatable bonds is 2. The van der Waals surface area contributed by atoms with Crippen molar-refractivity contribution in [2.24, 2.45) is 5.73 Å². The predicted octanol–water partition coefficient (Wildman–Crippen LogP) is 2.85. The highest BCUT2D eigenvalue weighted by Crippen LogP contribution is 2.30. The van der Waals surface area contributed by atoms with Gasteiger partial charge in [-0.3, -0.25) is 9.89 Å². The third-order valence-electron chi connectivity index (χ3n) is 4.69. The molecule has 0 spiro atoms. The maximum Gasteiger partial charge on any atom is 0.255 e. The first kappa shape index (κ1) is 14.8. The van der Waals surface area contributed by atoms with E-state index in [0.29, 0.717) is 16.9 Å². The van der Waals surface area contributed by atoms with Crippen molar-refractivity contribution in [1.29, 1.82) is 0 Å². The molecule has 0 aliphatic heterocycles. The van der Waals surface area contributed by atoms with E-state index in [2.05, 4.69) is 26.6 Å². The molecule has 4 N–H and O–H groups in total. The summed E-state index contributed by atoms with van der Waals surface area (Å²) in [5, 5.41) is 10.5. The number of benzene rings is 1. The number of pyridine rings is 1. The second-order valence-corrected chi connectivity index (χ2v) is 6.31. The minimum Gasteiger partial charge on any atom is -0.324 e. The molecule has 0 saturated heterocycles. The summed E-state index contributed by atoms with van der Waals surface area (Å²) < 4.78 is 0. The van der Waals surface area contributed by atoms with Gasteiger partial charge in [0.25, 0.3) is 5.91 Å². The lowest BCUT2D eigenvalue weighted by atomic mass is 9.85. The van der Waals surface area contributed by atoms with E-state index in [1.165, 1.54) is 11.1 Å². The molecule has 1 amide bonds. The minimum absolute atomic E-state index is 0.0790. The fourth-order valence-electron chi connectivity index (χ4n) is 3.40. The van der Waals surface area contributed by atoms with Gasteiger partial charge in [0.1, 0.15) is 0 Å².